The van der Waals surface area contributed by atoms with E-state index in [0.29, 0.717) is 63.6 Å². The van der Waals surface area contributed by atoms with Crippen molar-refractivity contribution in [1.29, 1.82) is 0 Å². The van der Waals surface area contributed by atoms with Gasteiger partial charge in [-0.3, -0.25) is 9.59 Å². The average molecular weight is 414 g/mol. The molecule has 0 atom stereocenters. The highest BCUT2D eigenvalue weighted by molar-refractivity contribution is 7.88. The summed E-state index contributed by atoms with van der Waals surface area (Å²) in [5.41, 5.74) is 0. The molecular weight excluding hydrogens is 386 g/mol. The van der Waals surface area contributed by atoms with Gasteiger partial charge in [0, 0.05) is 38.0 Å². The Bertz CT molecular complexity index is 808. The Labute approximate surface area is 164 Å². The lowest BCUT2D eigenvalue weighted by Gasteiger charge is -2.36. The molecule has 2 aliphatic rings. The second-order valence-electron chi connectivity index (χ2n) is 7.49. The number of aryl methyl sites for hydroxylation is 1. The van der Waals surface area contributed by atoms with E-state index in [9.17, 15) is 18.0 Å². The Hall–Kier alpha value is -2.01. The third-order valence-corrected chi connectivity index (χ3v) is 6.74. The van der Waals surface area contributed by atoms with E-state index in [4.69, 9.17) is 4.52 Å². The molecule has 0 unspecified atom stereocenters. The summed E-state index contributed by atoms with van der Waals surface area (Å²) in [4.78, 5) is 30.9. The molecular formula is C17H27N5O5S. The van der Waals surface area contributed by atoms with E-state index in [0.717, 1.165) is 0 Å². The van der Waals surface area contributed by atoms with Gasteiger partial charge in [-0.15, -0.1) is 0 Å². The van der Waals surface area contributed by atoms with Crippen LogP contribution in [0.1, 0.15) is 37.4 Å². The van der Waals surface area contributed by atoms with Crippen molar-refractivity contribution >= 4 is 21.8 Å². The number of nitrogens with one attached hydrogen (secondary N) is 1. The predicted octanol–water partition coefficient (Wildman–Crippen LogP) is -0.0956. The van der Waals surface area contributed by atoms with Crippen molar-refractivity contribution in [3.05, 3.63) is 11.7 Å². The standard InChI is InChI=1S/C17H27N5O5S/c1-12-19-15(27-20-12)11-18-16(23)13-3-7-21(8-4-13)17(24)14-5-9-22(10-6-14)28(2,25)26/h13-14H,3-11H2,1-2H3,(H,18,23). The van der Waals surface area contributed by atoms with Crippen LogP contribution in [0.15, 0.2) is 4.52 Å². The van der Waals surface area contributed by atoms with Crippen LogP contribution in [0.3, 0.4) is 0 Å². The van der Waals surface area contributed by atoms with E-state index in [1.807, 2.05) is 4.90 Å². The Balaban J connectivity index is 1.42. The molecule has 2 amide bonds. The van der Waals surface area contributed by atoms with E-state index in [1.54, 1.807) is 6.92 Å². The van der Waals surface area contributed by atoms with Gasteiger partial charge < -0.3 is 14.7 Å². The molecule has 0 radical (unpaired) electrons. The predicted molar refractivity (Wildman–Crippen MR) is 99.3 cm³/mol. The van der Waals surface area contributed by atoms with Gasteiger partial charge in [-0.05, 0) is 32.6 Å². The molecule has 11 heteroatoms. The topological polar surface area (TPSA) is 126 Å². The van der Waals surface area contributed by atoms with E-state index in [2.05, 4.69) is 15.5 Å². The Morgan fingerprint density at radius 1 is 1.11 bits per heavy atom. The van der Waals surface area contributed by atoms with Gasteiger partial charge in [0.05, 0.1) is 12.8 Å². The normalized spacial score (nSPS) is 20.3. The minimum atomic E-state index is -3.19. The number of carbonyl (C=O) groups is 2. The van der Waals surface area contributed by atoms with Gasteiger partial charge >= 0.3 is 0 Å². The number of nitrogens with zero attached hydrogens (tertiary/aromatic N) is 4. The molecule has 2 aliphatic heterocycles. The number of piperidine rings is 2. The molecule has 10 nitrogen and oxygen atoms in total. The van der Waals surface area contributed by atoms with Crippen LogP contribution in [0.25, 0.3) is 0 Å². The molecule has 0 saturated carbocycles. The molecule has 1 aromatic rings. The molecule has 2 saturated heterocycles. The molecule has 3 rings (SSSR count). The molecule has 0 spiro atoms. The van der Waals surface area contributed by atoms with Gasteiger partial charge in [-0.1, -0.05) is 5.16 Å². The number of likely N-dealkylation sites (tertiary alicyclic amines) is 1. The van der Waals surface area contributed by atoms with Gasteiger partial charge in [0.25, 0.3) is 0 Å². The van der Waals surface area contributed by atoms with Crippen molar-refractivity contribution in [2.45, 2.75) is 39.2 Å². The van der Waals surface area contributed by atoms with Crippen molar-refractivity contribution in [1.82, 2.24) is 24.7 Å². The molecule has 1 N–H and O–H groups in total. The molecule has 2 fully saturated rings. The summed E-state index contributed by atoms with van der Waals surface area (Å²) in [7, 11) is -3.19. The van der Waals surface area contributed by atoms with Crippen LogP contribution in [0.4, 0.5) is 0 Å². The molecule has 28 heavy (non-hydrogen) atoms. The maximum absolute atomic E-state index is 12.7. The van der Waals surface area contributed by atoms with Crippen LogP contribution in [0.2, 0.25) is 0 Å². The number of hydrogen-bond acceptors (Lipinski definition) is 7. The first-order valence-corrected chi connectivity index (χ1v) is 11.4. The van der Waals surface area contributed by atoms with Gasteiger partial charge in [0.1, 0.15) is 0 Å². The molecule has 156 valence electrons. The summed E-state index contributed by atoms with van der Waals surface area (Å²) >= 11 is 0. The Morgan fingerprint density at radius 2 is 1.71 bits per heavy atom. The van der Waals surface area contributed by atoms with E-state index >= 15 is 0 Å². The van der Waals surface area contributed by atoms with Crippen molar-refractivity contribution < 1.29 is 22.5 Å². The fraction of sp³-hybridized carbons (Fsp3) is 0.765. The fourth-order valence-electron chi connectivity index (χ4n) is 3.77. The zero-order chi connectivity index (χ0) is 20.3. The summed E-state index contributed by atoms with van der Waals surface area (Å²) in [6.07, 6.45) is 3.53. The lowest BCUT2D eigenvalue weighted by Crippen LogP contribution is -2.47. The highest BCUT2D eigenvalue weighted by Gasteiger charge is 2.34. The van der Waals surface area contributed by atoms with Gasteiger partial charge in [-0.2, -0.15) is 4.98 Å². The Kier molecular flexibility index (Phi) is 6.33. The quantitative estimate of drug-likeness (QED) is 0.715. The summed E-state index contributed by atoms with van der Waals surface area (Å²) in [6.45, 7) is 3.79. The Morgan fingerprint density at radius 3 is 2.25 bits per heavy atom. The van der Waals surface area contributed by atoms with Crippen molar-refractivity contribution in [3.8, 4) is 0 Å². The summed E-state index contributed by atoms with van der Waals surface area (Å²) in [5.74, 6) is 0.638. The summed E-state index contributed by atoms with van der Waals surface area (Å²) < 4.78 is 29.6. The highest BCUT2D eigenvalue weighted by atomic mass is 32.2. The van der Waals surface area contributed by atoms with Gasteiger partial charge in [0.15, 0.2) is 5.82 Å². The van der Waals surface area contributed by atoms with E-state index in [1.165, 1.54) is 10.6 Å². The zero-order valence-corrected chi connectivity index (χ0v) is 17.1. The third kappa shape index (κ3) is 5.07. The lowest BCUT2D eigenvalue weighted by molar-refractivity contribution is -0.140. The monoisotopic (exact) mass is 413 g/mol. The second kappa shape index (κ2) is 8.56. The first-order chi connectivity index (χ1) is 13.2. The van der Waals surface area contributed by atoms with E-state index in [-0.39, 0.29) is 30.2 Å². The number of aromatic nitrogens is 2. The number of sulfonamides is 1. The maximum Gasteiger partial charge on any atom is 0.246 e. The maximum atomic E-state index is 12.7. The molecule has 1 aromatic heterocycles. The van der Waals surface area contributed by atoms with Crippen LogP contribution in [0, 0.1) is 18.8 Å². The second-order valence-corrected chi connectivity index (χ2v) is 9.47. The van der Waals surface area contributed by atoms with Crippen LogP contribution >= 0.6 is 0 Å². The third-order valence-electron chi connectivity index (χ3n) is 5.43. The van der Waals surface area contributed by atoms with Gasteiger partial charge in [0.2, 0.25) is 27.7 Å². The van der Waals surface area contributed by atoms with Crippen LogP contribution in [-0.4, -0.2) is 72.0 Å². The fourth-order valence-corrected chi connectivity index (χ4v) is 4.65. The lowest BCUT2D eigenvalue weighted by atomic mass is 9.92. The van der Waals surface area contributed by atoms with Gasteiger partial charge in [-0.25, -0.2) is 12.7 Å². The first-order valence-electron chi connectivity index (χ1n) is 9.55. The molecule has 0 aliphatic carbocycles. The van der Waals surface area contributed by atoms with Crippen molar-refractivity contribution in [2.24, 2.45) is 11.8 Å². The summed E-state index contributed by atoms with van der Waals surface area (Å²) in [6, 6.07) is 0. The highest BCUT2D eigenvalue weighted by Crippen LogP contribution is 2.25. The zero-order valence-electron chi connectivity index (χ0n) is 16.3. The number of amides is 2. The van der Waals surface area contributed by atoms with Crippen LogP contribution < -0.4 is 5.32 Å². The molecule has 0 bridgehead atoms. The van der Waals surface area contributed by atoms with Crippen molar-refractivity contribution in [2.75, 3.05) is 32.4 Å². The minimum Gasteiger partial charge on any atom is -0.347 e. The minimum absolute atomic E-state index is 0.0654. The molecule has 3 heterocycles. The largest absolute Gasteiger partial charge is 0.347 e. The van der Waals surface area contributed by atoms with Crippen LogP contribution in [-0.2, 0) is 26.2 Å². The number of hydrogen-bond donors (Lipinski definition) is 1. The molecule has 0 aromatic carbocycles. The van der Waals surface area contributed by atoms with Crippen LogP contribution in [0.5, 0.6) is 0 Å². The summed E-state index contributed by atoms with van der Waals surface area (Å²) in [5, 5.41) is 6.49. The average Bonchev–Trinajstić information content (AvgIpc) is 3.10. The van der Waals surface area contributed by atoms with Crippen molar-refractivity contribution in [3.63, 3.8) is 0 Å². The number of carbonyl (C=O) groups excluding carboxylic acids is 2. The first kappa shape index (κ1) is 20.7. The van der Waals surface area contributed by atoms with E-state index < -0.39 is 10.0 Å². The smallest absolute Gasteiger partial charge is 0.246 e. The number of rotatable bonds is 5. The SMILES string of the molecule is Cc1noc(CNC(=O)C2CCN(C(=O)C3CCN(S(C)(=O)=O)CC3)CC2)n1.